The molecule has 5 heteroatoms. The highest BCUT2D eigenvalue weighted by atomic mass is 32.2. The largest absolute Gasteiger partial charge is 0.330 e. The summed E-state index contributed by atoms with van der Waals surface area (Å²) in [7, 11) is 0. The highest BCUT2D eigenvalue weighted by Gasteiger charge is 2.16. The quantitative estimate of drug-likeness (QED) is 0.545. The second-order valence-corrected chi connectivity index (χ2v) is 6.83. The van der Waals surface area contributed by atoms with Crippen LogP contribution in [0.25, 0.3) is 17.1 Å². The smallest absolute Gasteiger partial charge is 0.196 e. The number of aromatic nitrogens is 3. The Morgan fingerprint density at radius 1 is 1.00 bits per heavy atom. The Hall–Kier alpha value is -2.11. The first kappa shape index (κ1) is 16.7. The van der Waals surface area contributed by atoms with Crippen molar-refractivity contribution >= 4 is 11.8 Å². The van der Waals surface area contributed by atoms with Crippen molar-refractivity contribution in [2.24, 2.45) is 5.73 Å². The zero-order chi connectivity index (χ0) is 16.9. The molecule has 0 bridgehead atoms. The third-order valence-electron chi connectivity index (χ3n) is 3.99. The normalized spacial score (nSPS) is 11.0. The molecule has 0 radical (unpaired) electrons. The zero-order valence-electron chi connectivity index (χ0n) is 14.1. The van der Waals surface area contributed by atoms with Crippen LogP contribution in [-0.2, 0) is 0 Å². The summed E-state index contributed by atoms with van der Waals surface area (Å²) in [5, 5.41) is 9.79. The number of hydrogen-bond donors (Lipinski definition) is 1. The zero-order valence-corrected chi connectivity index (χ0v) is 14.9. The average molecular weight is 338 g/mol. The maximum absolute atomic E-state index is 5.62. The maximum atomic E-state index is 5.62. The second-order valence-electron chi connectivity index (χ2n) is 5.77. The minimum atomic E-state index is 0.691. The molecule has 0 aliphatic rings. The number of nitrogens with zero attached hydrogens (tertiary/aromatic N) is 3. The lowest BCUT2D eigenvalue weighted by atomic mass is 10.1. The van der Waals surface area contributed by atoms with E-state index in [1.54, 1.807) is 11.8 Å². The second kappa shape index (κ2) is 7.64. The van der Waals surface area contributed by atoms with Gasteiger partial charge in [0.25, 0.3) is 0 Å². The molecule has 2 aromatic carbocycles. The third-order valence-corrected chi connectivity index (χ3v) is 5.01. The van der Waals surface area contributed by atoms with Crippen LogP contribution in [0, 0.1) is 13.8 Å². The minimum Gasteiger partial charge on any atom is -0.330 e. The van der Waals surface area contributed by atoms with Gasteiger partial charge in [-0.3, -0.25) is 4.57 Å². The van der Waals surface area contributed by atoms with Gasteiger partial charge >= 0.3 is 0 Å². The molecule has 0 unspecified atom stereocenters. The number of aryl methyl sites for hydroxylation is 2. The SMILES string of the molecule is Cc1ccc(-n2c(SCCCN)nnc2-c2ccccc2)cc1C. The van der Waals surface area contributed by atoms with Crippen LogP contribution in [0.2, 0.25) is 0 Å². The van der Waals surface area contributed by atoms with Crippen LogP contribution in [-0.4, -0.2) is 27.1 Å². The molecule has 0 saturated carbocycles. The minimum absolute atomic E-state index is 0.691. The maximum Gasteiger partial charge on any atom is 0.196 e. The fourth-order valence-electron chi connectivity index (χ4n) is 2.48. The Bertz CT molecular complexity index is 811. The van der Waals surface area contributed by atoms with Crippen molar-refractivity contribution in [1.29, 1.82) is 0 Å². The molecule has 0 aliphatic carbocycles. The lowest BCUT2D eigenvalue weighted by Crippen LogP contribution is -2.03. The van der Waals surface area contributed by atoms with Crippen molar-refractivity contribution in [3.05, 3.63) is 59.7 Å². The van der Waals surface area contributed by atoms with Gasteiger partial charge in [-0.2, -0.15) is 0 Å². The molecule has 0 aliphatic heterocycles. The topological polar surface area (TPSA) is 56.7 Å². The van der Waals surface area contributed by atoms with Gasteiger partial charge in [-0.25, -0.2) is 0 Å². The lowest BCUT2D eigenvalue weighted by molar-refractivity contribution is 0.876. The van der Waals surface area contributed by atoms with Crippen LogP contribution in [0.4, 0.5) is 0 Å². The molecule has 4 nitrogen and oxygen atoms in total. The van der Waals surface area contributed by atoms with E-state index >= 15 is 0 Å². The summed E-state index contributed by atoms with van der Waals surface area (Å²) in [6.07, 6.45) is 0.963. The van der Waals surface area contributed by atoms with Crippen molar-refractivity contribution < 1.29 is 0 Å². The van der Waals surface area contributed by atoms with E-state index < -0.39 is 0 Å². The average Bonchev–Trinajstić information content (AvgIpc) is 3.02. The van der Waals surface area contributed by atoms with Crippen LogP contribution in [0.15, 0.2) is 53.7 Å². The summed E-state index contributed by atoms with van der Waals surface area (Å²) in [4.78, 5) is 0. The third kappa shape index (κ3) is 3.52. The summed E-state index contributed by atoms with van der Waals surface area (Å²) < 4.78 is 2.14. The van der Waals surface area contributed by atoms with Gasteiger partial charge in [-0.15, -0.1) is 10.2 Å². The van der Waals surface area contributed by atoms with Crippen molar-refractivity contribution in [3.8, 4) is 17.1 Å². The predicted molar refractivity (Wildman–Crippen MR) is 101 cm³/mol. The molecule has 3 rings (SSSR count). The number of benzene rings is 2. The van der Waals surface area contributed by atoms with Gasteiger partial charge in [0.1, 0.15) is 0 Å². The molecule has 3 aromatic rings. The molecule has 1 aromatic heterocycles. The Labute approximate surface area is 147 Å². The van der Waals surface area contributed by atoms with Gasteiger partial charge in [-0.05, 0) is 50.1 Å². The van der Waals surface area contributed by atoms with Gasteiger partial charge in [0, 0.05) is 11.3 Å². The number of thioether (sulfide) groups is 1. The van der Waals surface area contributed by atoms with E-state index in [0.717, 1.165) is 34.4 Å². The van der Waals surface area contributed by atoms with E-state index in [2.05, 4.69) is 58.9 Å². The van der Waals surface area contributed by atoms with Crippen molar-refractivity contribution in [3.63, 3.8) is 0 Å². The lowest BCUT2D eigenvalue weighted by Gasteiger charge is -2.12. The first-order chi connectivity index (χ1) is 11.7. The predicted octanol–water partition coefficient (Wildman–Crippen LogP) is 3.99. The summed E-state index contributed by atoms with van der Waals surface area (Å²) in [6.45, 7) is 4.95. The van der Waals surface area contributed by atoms with Crippen LogP contribution < -0.4 is 5.73 Å². The molecule has 2 N–H and O–H groups in total. The fraction of sp³-hybridized carbons (Fsp3) is 0.263. The Balaban J connectivity index is 2.08. The fourth-order valence-corrected chi connectivity index (χ4v) is 3.39. The summed E-state index contributed by atoms with van der Waals surface area (Å²) >= 11 is 1.70. The Morgan fingerprint density at radius 3 is 2.50 bits per heavy atom. The molecule has 0 atom stereocenters. The van der Waals surface area contributed by atoms with Gasteiger partial charge in [0.15, 0.2) is 11.0 Å². The first-order valence-electron chi connectivity index (χ1n) is 8.12. The van der Waals surface area contributed by atoms with Gasteiger partial charge < -0.3 is 5.73 Å². The standard InChI is InChI=1S/C19H22N4S/c1-14-9-10-17(13-15(14)2)23-18(16-7-4-3-5-8-16)21-22-19(23)24-12-6-11-20/h3-5,7-10,13H,6,11-12,20H2,1-2H3. The van der Waals surface area contributed by atoms with E-state index in [0.29, 0.717) is 6.54 Å². The van der Waals surface area contributed by atoms with Crippen LogP contribution >= 0.6 is 11.8 Å². The van der Waals surface area contributed by atoms with E-state index in [-0.39, 0.29) is 0 Å². The monoisotopic (exact) mass is 338 g/mol. The molecule has 0 fully saturated rings. The van der Waals surface area contributed by atoms with Crippen molar-refractivity contribution in [1.82, 2.24) is 14.8 Å². The molecular weight excluding hydrogens is 316 g/mol. The van der Waals surface area contributed by atoms with Crippen LogP contribution in [0.3, 0.4) is 0 Å². The first-order valence-corrected chi connectivity index (χ1v) is 9.10. The summed E-state index contributed by atoms with van der Waals surface area (Å²) in [5.74, 6) is 1.81. The number of nitrogens with two attached hydrogens (primary N) is 1. The molecule has 1 heterocycles. The molecular formula is C19H22N4S. The van der Waals surface area contributed by atoms with Gasteiger partial charge in [0.2, 0.25) is 0 Å². The molecule has 0 saturated heterocycles. The molecule has 0 amide bonds. The number of hydrogen-bond acceptors (Lipinski definition) is 4. The van der Waals surface area contributed by atoms with Crippen molar-refractivity contribution in [2.45, 2.75) is 25.4 Å². The molecule has 24 heavy (non-hydrogen) atoms. The Morgan fingerprint density at radius 2 is 1.79 bits per heavy atom. The van der Waals surface area contributed by atoms with Gasteiger partial charge in [-0.1, -0.05) is 48.2 Å². The van der Waals surface area contributed by atoms with Crippen LogP contribution in [0.1, 0.15) is 17.5 Å². The van der Waals surface area contributed by atoms with Crippen molar-refractivity contribution in [2.75, 3.05) is 12.3 Å². The molecule has 0 spiro atoms. The summed E-state index contributed by atoms with van der Waals surface area (Å²) in [5.41, 5.74) is 10.3. The van der Waals surface area contributed by atoms with Crippen LogP contribution in [0.5, 0.6) is 0 Å². The molecule has 124 valence electrons. The van der Waals surface area contributed by atoms with E-state index in [1.807, 2.05) is 18.2 Å². The van der Waals surface area contributed by atoms with E-state index in [1.165, 1.54) is 11.1 Å². The van der Waals surface area contributed by atoms with Gasteiger partial charge in [0.05, 0.1) is 5.69 Å². The highest BCUT2D eigenvalue weighted by Crippen LogP contribution is 2.28. The number of rotatable bonds is 6. The van der Waals surface area contributed by atoms with E-state index in [9.17, 15) is 0 Å². The Kier molecular flexibility index (Phi) is 5.33. The summed E-state index contributed by atoms with van der Waals surface area (Å²) in [6, 6.07) is 16.7. The van der Waals surface area contributed by atoms with E-state index in [4.69, 9.17) is 5.73 Å². The highest BCUT2D eigenvalue weighted by molar-refractivity contribution is 7.99.